The smallest absolute Gasteiger partial charge is 0.141 e. The van der Waals surface area contributed by atoms with Crippen LogP contribution in [-0.4, -0.2) is 37.7 Å². The number of rotatable bonds is 3. The summed E-state index contributed by atoms with van der Waals surface area (Å²) in [5, 5.41) is 3.68. The first-order valence-corrected chi connectivity index (χ1v) is 6.49. The van der Waals surface area contributed by atoms with E-state index < -0.39 is 0 Å². The Hall–Kier alpha value is -1.22. The van der Waals surface area contributed by atoms with Gasteiger partial charge >= 0.3 is 0 Å². The maximum absolute atomic E-state index is 5.39. The van der Waals surface area contributed by atoms with Crippen LogP contribution in [0.1, 0.15) is 12.8 Å². The molecule has 2 aliphatic rings. The molecule has 2 bridgehead atoms. The zero-order chi connectivity index (χ0) is 11.7. The number of fused-ring (bicyclic) bond motifs is 2. The van der Waals surface area contributed by atoms with E-state index in [9.17, 15) is 0 Å². The summed E-state index contributed by atoms with van der Waals surface area (Å²) in [6, 6.07) is 8.83. The Bertz CT molecular complexity index is 394. The quantitative estimate of drug-likeness (QED) is 0.864. The van der Waals surface area contributed by atoms with Crippen LogP contribution in [0.3, 0.4) is 0 Å². The van der Waals surface area contributed by atoms with E-state index in [-0.39, 0.29) is 0 Å². The molecule has 3 heteroatoms. The van der Waals surface area contributed by atoms with E-state index in [1.807, 2.05) is 12.1 Å². The van der Waals surface area contributed by atoms with Gasteiger partial charge in [0.15, 0.2) is 0 Å². The summed E-state index contributed by atoms with van der Waals surface area (Å²) in [4.78, 5) is 2.57. The first-order chi connectivity index (χ1) is 8.36. The van der Waals surface area contributed by atoms with E-state index >= 15 is 0 Å². The summed E-state index contributed by atoms with van der Waals surface area (Å²) in [5.41, 5.74) is 1.14. The molecular weight excluding hydrogens is 212 g/mol. The topological polar surface area (TPSA) is 24.5 Å². The molecule has 0 aliphatic carbocycles. The molecule has 3 rings (SSSR count). The van der Waals surface area contributed by atoms with Crippen molar-refractivity contribution in [3.05, 3.63) is 24.3 Å². The van der Waals surface area contributed by atoms with Crippen LogP contribution in [0.15, 0.2) is 24.3 Å². The highest BCUT2D eigenvalue weighted by molar-refractivity contribution is 5.56. The number of nitrogens with one attached hydrogen (secondary N) is 1. The predicted molar refractivity (Wildman–Crippen MR) is 69.6 cm³/mol. The van der Waals surface area contributed by atoms with E-state index in [0.717, 1.165) is 17.4 Å². The lowest BCUT2D eigenvalue weighted by Crippen LogP contribution is -2.39. The van der Waals surface area contributed by atoms with Gasteiger partial charge in [-0.25, -0.2) is 0 Å². The van der Waals surface area contributed by atoms with Gasteiger partial charge in [0, 0.05) is 19.1 Å². The molecular formula is C14H20N2O. The molecule has 17 heavy (non-hydrogen) atoms. The molecule has 1 aromatic rings. The number of para-hydroxylation sites is 2. The fraction of sp³-hybridized carbons (Fsp3) is 0.571. The van der Waals surface area contributed by atoms with Gasteiger partial charge in [0.2, 0.25) is 0 Å². The average molecular weight is 232 g/mol. The largest absolute Gasteiger partial charge is 0.495 e. The number of benzene rings is 1. The number of anilines is 1. The minimum atomic E-state index is 0.616. The molecule has 2 heterocycles. The van der Waals surface area contributed by atoms with Gasteiger partial charge in [-0.2, -0.15) is 0 Å². The lowest BCUT2D eigenvalue weighted by atomic mass is 9.94. The van der Waals surface area contributed by atoms with Crippen LogP contribution in [0.25, 0.3) is 0 Å². The maximum Gasteiger partial charge on any atom is 0.141 e. The van der Waals surface area contributed by atoms with Crippen molar-refractivity contribution in [1.82, 2.24) is 4.90 Å². The molecule has 0 amide bonds. The van der Waals surface area contributed by atoms with Crippen LogP contribution in [-0.2, 0) is 0 Å². The third-order valence-corrected chi connectivity index (χ3v) is 4.08. The summed E-state index contributed by atoms with van der Waals surface area (Å²) in [7, 11) is 1.73. The molecule has 92 valence electrons. The van der Waals surface area contributed by atoms with Crippen LogP contribution in [0.5, 0.6) is 5.75 Å². The lowest BCUT2D eigenvalue weighted by Gasteiger charge is -2.32. The number of ether oxygens (including phenoxy) is 1. The van der Waals surface area contributed by atoms with Crippen molar-refractivity contribution in [2.45, 2.75) is 18.9 Å². The van der Waals surface area contributed by atoms with Crippen LogP contribution < -0.4 is 10.1 Å². The average Bonchev–Trinajstić information content (AvgIpc) is 2.76. The predicted octanol–water partition coefficient (Wildman–Crippen LogP) is 2.20. The molecule has 1 N–H and O–H groups in total. The molecule has 2 fully saturated rings. The summed E-state index contributed by atoms with van der Waals surface area (Å²) in [6.07, 6.45) is 2.59. The number of hydrogen-bond donors (Lipinski definition) is 1. The van der Waals surface area contributed by atoms with Crippen molar-refractivity contribution in [3.63, 3.8) is 0 Å². The summed E-state index contributed by atoms with van der Waals surface area (Å²) >= 11 is 0. The Labute approximate surface area is 103 Å². The van der Waals surface area contributed by atoms with Gasteiger partial charge in [-0.05, 0) is 37.4 Å². The van der Waals surface area contributed by atoms with E-state index in [1.165, 1.54) is 32.5 Å². The molecule has 0 spiro atoms. The zero-order valence-electron chi connectivity index (χ0n) is 10.4. The molecule has 3 unspecified atom stereocenters. The number of piperidine rings is 1. The Balaban J connectivity index is 1.73. The second-order valence-corrected chi connectivity index (χ2v) is 5.09. The summed E-state index contributed by atoms with van der Waals surface area (Å²) in [6.45, 7) is 3.80. The molecule has 3 nitrogen and oxygen atoms in total. The van der Waals surface area contributed by atoms with Crippen LogP contribution in [0, 0.1) is 5.92 Å². The van der Waals surface area contributed by atoms with Crippen molar-refractivity contribution >= 4 is 5.69 Å². The third kappa shape index (κ3) is 2.12. The van der Waals surface area contributed by atoms with E-state index in [2.05, 4.69) is 22.3 Å². The van der Waals surface area contributed by atoms with Crippen molar-refractivity contribution in [2.24, 2.45) is 5.92 Å². The van der Waals surface area contributed by atoms with Crippen LogP contribution in [0.4, 0.5) is 5.69 Å². The fourth-order valence-electron chi connectivity index (χ4n) is 3.11. The molecule has 0 saturated carbocycles. The maximum atomic E-state index is 5.39. The molecule has 1 aromatic carbocycles. The molecule has 2 saturated heterocycles. The van der Waals surface area contributed by atoms with Gasteiger partial charge in [-0.1, -0.05) is 12.1 Å². The Morgan fingerprint density at radius 3 is 2.94 bits per heavy atom. The van der Waals surface area contributed by atoms with E-state index in [1.54, 1.807) is 7.11 Å². The Morgan fingerprint density at radius 1 is 1.24 bits per heavy atom. The first-order valence-electron chi connectivity index (χ1n) is 6.49. The van der Waals surface area contributed by atoms with Crippen molar-refractivity contribution < 1.29 is 4.74 Å². The second kappa shape index (κ2) is 4.57. The Morgan fingerprint density at radius 2 is 2.06 bits per heavy atom. The molecule has 0 aromatic heterocycles. The minimum Gasteiger partial charge on any atom is -0.495 e. The lowest BCUT2D eigenvalue weighted by molar-refractivity contribution is 0.254. The van der Waals surface area contributed by atoms with Gasteiger partial charge < -0.3 is 15.0 Å². The second-order valence-electron chi connectivity index (χ2n) is 5.09. The first kappa shape index (κ1) is 10.9. The molecule has 2 aliphatic heterocycles. The van der Waals surface area contributed by atoms with Gasteiger partial charge in [-0.15, -0.1) is 0 Å². The fourth-order valence-corrected chi connectivity index (χ4v) is 3.11. The van der Waals surface area contributed by atoms with Gasteiger partial charge in [0.05, 0.1) is 12.8 Å². The monoisotopic (exact) mass is 232 g/mol. The van der Waals surface area contributed by atoms with Gasteiger partial charge in [0.25, 0.3) is 0 Å². The van der Waals surface area contributed by atoms with Crippen molar-refractivity contribution in [3.8, 4) is 5.75 Å². The highest BCUT2D eigenvalue weighted by Crippen LogP contribution is 2.32. The summed E-state index contributed by atoms with van der Waals surface area (Å²) < 4.78 is 5.39. The van der Waals surface area contributed by atoms with Crippen LogP contribution in [0.2, 0.25) is 0 Å². The molecule has 0 radical (unpaired) electrons. The third-order valence-electron chi connectivity index (χ3n) is 4.08. The van der Waals surface area contributed by atoms with Crippen molar-refractivity contribution in [1.29, 1.82) is 0 Å². The standard InChI is InChI=1S/C14H20N2O/c1-17-14-5-3-2-4-13(14)15-12-7-9-16-8-6-11(12)10-16/h2-5,11-12,15H,6-10H2,1H3. The highest BCUT2D eigenvalue weighted by Gasteiger charge is 2.34. The minimum absolute atomic E-state index is 0.616. The van der Waals surface area contributed by atoms with Gasteiger partial charge in [-0.3, -0.25) is 0 Å². The van der Waals surface area contributed by atoms with Gasteiger partial charge in [0.1, 0.15) is 5.75 Å². The Kier molecular flexibility index (Phi) is 2.93. The number of nitrogens with zero attached hydrogens (tertiary/aromatic N) is 1. The van der Waals surface area contributed by atoms with Crippen molar-refractivity contribution in [2.75, 3.05) is 32.1 Å². The number of hydrogen-bond acceptors (Lipinski definition) is 3. The number of methoxy groups -OCH3 is 1. The highest BCUT2D eigenvalue weighted by atomic mass is 16.5. The zero-order valence-corrected chi connectivity index (χ0v) is 10.4. The normalized spacial score (nSPS) is 31.2. The van der Waals surface area contributed by atoms with E-state index in [0.29, 0.717) is 6.04 Å². The van der Waals surface area contributed by atoms with Crippen LogP contribution >= 0.6 is 0 Å². The summed E-state index contributed by atoms with van der Waals surface area (Å²) in [5.74, 6) is 1.77. The molecule has 3 atom stereocenters. The van der Waals surface area contributed by atoms with E-state index in [4.69, 9.17) is 4.74 Å². The SMILES string of the molecule is COc1ccccc1NC1CCN2CCC1C2.